The Hall–Kier alpha value is -0.710. The van der Waals surface area contributed by atoms with E-state index in [1.54, 1.807) is 0 Å². The fourth-order valence-electron chi connectivity index (χ4n) is 1.52. The maximum atomic E-state index is 11.8. The van der Waals surface area contributed by atoms with Crippen LogP contribution in [0.2, 0.25) is 0 Å². The van der Waals surface area contributed by atoms with Crippen LogP contribution < -0.4 is 10.0 Å². The topological polar surface area (TPSA) is 41.1 Å². The van der Waals surface area contributed by atoms with Crippen molar-refractivity contribution in [3.05, 3.63) is 30.3 Å². The molecule has 1 aliphatic heterocycles. The molecule has 1 saturated heterocycles. The molecular formula is C10H14N2OS. The van der Waals surface area contributed by atoms with Crippen molar-refractivity contribution >= 4 is 11.0 Å². The summed E-state index contributed by atoms with van der Waals surface area (Å²) in [5, 5.41) is 3.23. The predicted molar refractivity (Wildman–Crippen MR) is 57.3 cm³/mol. The van der Waals surface area contributed by atoms with Crippen LogP contribution in [-0.4, -0.2) is 23.3 Å². The van der Waals surface area contributed by atoms with Crippen LogP contribution in [0.15, 0.2) is 35.2 Å². The monoisotopic (exact) mass is 210 g/mol. The van der Waals surface area contributed by atoms with Crippen molar-refractivity contribution in [3.8, 4) is 0 Å². The molecule has 2 rings (SSSR count). The molecule has 76 valence electrons. The van der Waals surface area contributed by atoms with Gasteiger partial charge in [0, 0.05) is 12.6 Å². The number of hydrogen-bond acceptors (Lipinski definition) is 2. The lowest BCUT2D eigenvalue weighted by Gasteiger charge is -2.09. The molecule has 2 atom stereocenters. The van der Waals surface area contributed by atoms with Crippen molar-refractivity contribution in [2.45, 2.75) is 17.4 Å². The summed E-state index contributed by atoms with van der Waals surface area (Å²) in [6.45, 7) is 1.93. The highest BCUT2D eigenvalue weighted by atomic mass is 32.2. The van der Waals surface area contributed by atoms with Gasteiger partial charge in [0.1, 0.15) is 11.0 Å². The summed E-state index contributed by atoms with van der Waals surface area (Å²) < 4.78 is 14.9. The van der Waals surface area contributed by atoms with E-state index in [-0.39, 0.29) is 0 Å². The van der Waals surface area contributed by atoms with Crippen molar-refractivity contribution in [2.75, 3.05) is 13.1 Å². The summed E-state index contributed by atoms with van der Waals surface area (Å²) >= 11 is 0. The minimum atomic E-state index is -1.06. The van der Waals surface area contributed by atoms with Crippen LogP contribution in [0.3, 0.4) is 0 Å². The SMILES string of the molecule is O=S(N[C@@H]1CCNC1)c1ccccc1. The second-order valence-corrected chi connectivity index (χ2v) is 4.63. The Morgan fingerprint density at radius 1 is 1.36 bits per heavy atom. The van der Waals surface area contributed by atoms with Gasteiger partial charge >= 0.3 is 0 Å². The molecular weight excluding hydrogens is 196 g/mol. The summed E-state index contributed by atoms with van der Waals surface area (Å²) in [5.74, 6) is 0. The average Bonchev–Trinajstić information content (AvgIpc) is 2.72. The zero-order valence-electron chi connectivity index (χ0n) is 7.90. The number of nitrogens with one attached hydrogen (secondary N) is 2. The number of benzene rings is 1. The third-order valence-corrected chi connectivity index (χ3v) is 3.54. The van der Waals surface area contributed by atoms with Gasteiger partial charge in [-0.1, -0.05) is 18.2 Å². The molecule has 0 aromatic heterocycles. The van der Waals surface area contributed by atoms with Crippen LogP contribution >= 0.6 is 0 Å². The van der Waals surface area contributed by atoms with Gasteiger partial charge in [0.15, 0.2) is 0 Å². The maximum absolute atomic E-state index is 11.8. The molecule has 0 aliphatic carbocycles. The summed E-state index contributed by atoms with van der Waals surface area (Å²) in [7, 11) is -1.06. The van der Waals surface area contributed by atoms with E-state index in [0.717, 1.165) is 24.4 Å². The minimum Gasteiger partial charge on any atom is -0.315 e. The standard InChI is InChI=1S/C10H14N2OS/c13-14(10-4-2-1-3-5-10)12-9-6-7-11-8-9/h1-5,9,11-12H,6-8H2/t9-,14?/m1/s1. The van der Waals surface area contributed by atoms with E-state index in [9.17, 15) is 4.21 Å². The van der Waals surface area contributed by atoms with E-state index in [2.05, 4.69) is 10.0 Å². The van der Waals surface area contributed by atoms with Crippen molar-refractivity contribution in [1.29, 1.82) is 0 Å². The van der Waals surface area contributed by atoms with Gasteiger partial charge in [-0.3, -0.25) is 0 Å². The molecule has 3 nitrogen and oxygen atoms in total. The second-order valence-electron chi connectivity index (χ2n) is 3.39. The highest BCUT2D eigenvalue weighted by molar-refractivity contribution is 7.83. The first kappa shape index (κ1) is 9.83. The second kappa shape index (κ2) is 4.68. The smallest absolute Gasteiger partial charge is 0.125 e. The van der Waals surface area contributed by atoms with Gasteiger partial charge < -0.3 is 5.32 Å². The first-order valence-electron chi connectivity index (χ1n) is 4.80. The molecule has 1 aromatic carbocycles. The van der Waals surface area contributed by atoms with Crippen molar-refractivity contribution < 1.29 is 4.21 Å². The van der Waals surface area contributed by atoms with Gasteiger partial charge in [0.2, 0.25) is 0 Å². The lowest BCUT2D eigenvalue weighted by molar-refractivity contribution is 0.635. The molecule has 4 heteroatoms. The lowest BCUT2D eigenvalue weighted by Crippen LogP contribution is -2.32. The van der Waals surface area contributed by atoms with Gasteiger partial charge in [-0.05, 0) is 25.1 Å². The van der Waals surface area contributed by atoms with Gasteiger partial charge in [-0.2, -0.15) is 0 Å². The Kier molecular flexibility index (Phi) is 3.29. The number of rotatable bonds is 3. The molecule has 0 bridgehead atoms. The third-order valence-electron chi connectivity index (χ3n) is 2.29. The van der Waals surface area contributed by atoms with Gasteiger partial charge in [0.05, 0.1) is 4.90 Å². The zero-order chi connectivity index (χ0) is 9.80. The summed E-state index contributed by atoms with van der Waals surface area (Å²) in [6, 6.07) is 9.84. The Balaban J connectivity index is 1.95. The largest absolute Gasteiger partial charge is 0.315 e. The maximum Gasteiger partial charge on any atom is 0.125 e. The highest BCUT2D eigenvalue weighted by Gasteiger charge is 2.16. The number of hydrogen-bond donors (Lipinski definition) is 2. The molecule has 0 amide bonds. The van der Waals surface area contributed by atoms with Crippen LogP contribution in [0.1, 0.15) is 6.42 Å². The molecule has 14 heavy (non-hydrogen) atoms. The van der Waals surface area contributed by atoms with Gasteiger partial charge in [-0.15, -0.1) is 0 Å². The molecule has 1 unspecified atom stereocenters. The normalized spacial score (nSPS) is 23.6. The van der Waals surface area contributed by atoms with Crippen molar-refractivity contribution in [1.82, 2.24) is 10.0 Å². The molecule has 0 saturated carbocycles. The zero-order valence-corrected chi connectivity index (χ0v) is 8.72. The minimum absolute atomic E-state index is 0.344. The predicted octanol–water partition coefficient (Wildman–Crippen LogP) is 0.661. The van der Waals surface area contributed by atoms with Crippen molar-refractivity contribution in [3.63, 3.8) is 0 Å². The van der Waals surface area contributed by atoms with Crippen molar-refractivity contribution in [2.24, 2.45) is 0 Å². The van der Waals surface area contributed by atoms with E-state index < -0.39 is 11.0 Å². The molecule has 0 spiro atoms. The summed E-state index contributed by atoms with van der Waals surface area (Å²) in [6.07, 6.45) is 1.05. The summed E-state index contributed by atoms with van der Waals surface area (Å²) in [5.41, 5.74) is 0. The molecule has 0 radical (unpaired) electrons. The van der Waals surface area contributed by atoms with Crippen LogP contribution in [0.4, 0.5) is 0 Å². The summed E-state index contributed by atoms with van der Waals surface area (Å²) in [4.78, 5) is 0.847. The Bertz CT molecular complexity index is 309. The average molecular weight is 210 g/mol. The Labute approximate surface area is 86.5 Å². The molecule has 1 fully saturated rings. The van der Waals surface area contributed by atoms with E-state index in [0.29, 0.717) is 6.04 Å². The van der Waals surface area contributed by atoms with E-state index >= 15 is 0 Å². The lowest BCUT2D eigenvalue weighted by atomic mass is 10.3. The molecule has 1 aliphatic rings. The highest BCUT2D eigenvalue weighted by Crippen LogP contribution is 2.06. The quantitative estimate of drug-likeness (QED) is 0.769. The molecule has 1 aromatic rings. The molecule has 2 N–H and O–H groups in total. The van der Waals surface area contributed by atoms with Crippen LogP contribution in [0, 0.1) is 0 Å². The first-order valence-corrected chi connectivity index (χ1v) is 5.95. The van der Waals surface area contributed by atoms with E-state index in [1.807, 2.05) is 30.3 Å². The van der Waals surface area contributed by atoms with Crippen LogP contribution in [0.25, 0.3) is 0 Å². The third kappa shape index (κ3) is 2.41. The van der Waals surface area contributed by atoms with E-state index in [1.165, 1.54) is 0 Å². The van der Waals surface area contributed by atoms with Crippen LogP contribution in [-0.2, 0) is 11.0 Å². The van der Waals surface area contributed by atoms with Crippen LogP contribution in [0.5, 0.6) is 0 Å². The van der Waals surface area contributed by atoms with E-state index in [4.69, 9.17) is 0 Å². The van der Waals surface area contributed by atoms with Gasteiger partial charge in [-0.25, -0.2) is 8.93 Å². The Morgan fingerprint density at radius 2 is 2.14 bits per heavy atom. The van der Waals surface area contributed by atoms with Gasteiger partial charge in [0.25, 0.3) is 0 Å². The Morgan fingerprint density at radius 3 is 2.79 bits per heavy atom. The fourth-order valence-corrected chi connectivity index (χ4v) is 2.56. The fraction of sp³-hybridized carbons (Fsp3) is 0.400. The molecule has 1 heterocycles. The first-order chi connectivity index (χ1) is 6.86.